The third-order valence-corrected chi connectivity index (χ3v) is 5.02. The summed E-state index contributed by atoms with van der Waals surface area (Å²) in [4.78, 5) is 15.6. The van der Waals surface area contributed by atoms with Crippen LogP contribution in [-0.2, 0) is 11.2 Å². The van der Waals surface area contributed by atoms with Crippen LogP contribution >= 0.6 is 22.9 Å². The van der Waals surface area contributed by atoms with Crippen molar-refractivity contribution in [2.75, 3.05) is 13.2 Å². The van der Waals surface area contributed by atoms with E-state index < -0.39 is 0 Å². The van der Waals surface area contributed by atoms with Gasteiger partial charge in [-0.1, -0.05) is 11.6 Å². The number of carbonyl (C=O) groups is 1. The van der Waals surface area contributed by atoms with Crippen molar-refractivity contribution in [2.45, 2.75) is 19.4 Å². The second kappa shape index (κ2) is 6.08. The van der Waals surface area contributed by atoms with E-state index in [9.17, 15) is 4.79 Å². The molecule has 1 amide bonds. The molecular weight excluding hydrogens is 306 g/mol. The lowest BCUT2D eigenvalue weighted by molar-refractivity contribution is -0.135. The minimum Gasteiger partial charge on any atom is -0.484 e. The molecule has 1 atom stereocenters. The number of hydrogen-bond donors (Lipinski definition) is 0. The van der Waals surface area contributed by atoms with Gasteiger partial charge in [-0.3, -0.25) is 4.79 Å². The smallest absolute Gasteiger partial charge is 0.261 e. The summed E-state index contributed by atoms with van der Waals surface area (Å²) in [6.07, 6.45) is 0.935. The Labute approximate surface area is 133 Å². The van der Waals surface area contributed by atoms with Gasteiger partial charge in [0.2, 0.25) is 0 Å². The average molecular weight is 322 g/mol. The molecule has 21 heavy (non-hydrogen) atoms. The monoisotopic (exact) mass is 321 g/mol. The van der Waals surface area contributed by atoms with E-state index in [1.807, 2.05) is 4.90 Å². The minimum atomic E-state index is 0.0225. The predicted octanol–water partition coefficient (Wildman–Crippen LogP) is 3.93. The van der Waals surface area contributed by atoms with Crippen molar-refractivity contribution < 1.29 is 9.53 Å². The first-order valence-corrected chi connectivity index (χ1v) is 8.15. The van der Waals surface area contributed by atoms with Gasteiger partial charge in [0, 0.05) is 16.4 Å². The van der Waals surface area contributed by atoms with Crippen molar-refractivity contribution in [2.24, 2.45) is 0 Å². The SMILES string of the molecule is C[C@@H]1c2ccsc2CCN1C(=O)COc1ccc(Cl)cc1. The summed E-state index contributed by atoms with van der Waals surface area (Å²) in [5.74, 6) is 0.683. The lowest BCUT2D eigenvalue weighted by Crippen LogP contribution is -2.40. The van der Waals surface area contributed by atoms with Gasteiger partial charge in [0.25, 0.3) is 5.91 Å². The zero-order chi connectivity index (χ0) is 14.8. The molecule has 1 aromatic heterocycles. The maximum atomic E-state index is 12.4. The van der Waals surface area contributed by atoms with Crippen molar-refractivity contribution in [1.82, 2.24) is 4.90 Å². The average Bonchev–Trinajstić information content (AvgIpc) is 2.96. The molecule has 1 aromatic carbocycles. The van der Waals surface area contributed by atoms with Crippen LogP contribution in [0.3, 0.4) is 0 Å². The van der Waals surface area contributed by atoms with Gasteiger partial charge < -0.3 is 9.64 Å². The Hall–Kier alpha value is -1.52. The molecule has 0 unspecified atom stereocenters. The molecule has 2 aromatic rings. The van der Waals surface area contributed by atoms with Crippen molar-refractivity contribution in [3.05, 3.63) is 51.2 Å². The summed E-state index contributed by atoms with van der Waals surface area (Å²) in [6.45, 7) is 2.90. The van der Waals surface area contributed by atoms with Crippen LogP contribution in [0.2, 0.25) is 5.02 Å². The number of rotatable bonds is 3. The highest BCUT2D eigenvalue weighted by Gasteiger charge is 2.28. The zero-order valence-corrected chi connectivity index (χ0v) is 13.3. The van der Waals surface area contributed by atoms with E-state index in [1.165, 1.54) is 10.4 Å². The van der Waals surface area contributed by atoms with Gasteiger partial charge >= 0.3 is 0 Å². The van der Waals surface area contributed by atoms with Gasteiger partial charge in [0.05, 0.1) is 6.04 Å². The largest absolute Gasteiger partial charge is 0.484 e. The minimum absolute atomic E-state index is 0.0225. The number of amides is 1. The highest BCUT2D eigenvalue weighted by molar-refractivity contribution is 7.10. The van der Waals surface area contributed by atoms with E-state index in [0.29, 0.717) is 10.8 Å². The summed E-state index contributed by atoms with van der Waals surface area (Å²) in [5, 5.41) is 2.75. The van der Waals surface area contributed by atoms with Gasteiger partial charge in [-0.05, 0) is 54.6 Å². The summed E-state index contributed by atoms with van der Waals surface area (Å²) in [6, 6.07) is 9.29. The Bertz CT molecular complexity index is 638. The molecule has 3 rings (SSSR count). The molecule has 0 radical (unpaired) electrons. The molecule has 0 saturated heterocycles. The molecule has 0 aliphatic carbocycles. The number of nitrogens with zero attached hydrogens (tertiary/aromatic N) is 1. The van der Waals surface area contributed by atoms with Crippen LogP contribution in [0.1, 0.15) is 23.4 Å². The van der Waals surface area contributed by atoms with Crippen molar-refractivity contribution in [1.29, 1.82) is 0 Å². The highest BCUT2D eigenvalue weighted by atomic mass is 35.5. The summed E-state index contributed by atoms with van der Waals surface area (Å²) >= 11 is 7.60. The van der Waals surface area contributed by atoms with Crippen molar-refractivity contribution in [3.63, 3.8) is 0 Å². The molecule has 1 aliphatic rings. The van der Waals surface area contributed by atoms with E-state index in [-0.39, 0.29) is 18.6 Å². The van der Waals surface area contributed by atoms with Crippen LogP contribution in [0.4, 0.5) is 0 Å². The van der Waals surface area contributed by atoms with Gasteiger partial charge in [-0.25, -0.2) is 0 Å². The molecule has 0 saturated carbocycles. The van der Waals surface area contributed by atoms with E-state index >= 15 is 0 Å². The molecule has 0 spiro atoms. The second-order valence-corrected chi connectivity index (χ2v) is 6.49. The summed E-state index contributed by atoms with van der Waals surface area (Å²) in [5.41, 5.74) is 1.27. The van der Waals surface area contributed by atoms with Crippen LogP contribution in [0.25, 0.3) is 0 Å². The molecule has 2 heterocycles. The summed E-state index contributed by atoms with van der Waals surface area (Å²) in [7, 11) is 0. The first-order valence-electron chi connectivity index (χ1n) is 6.89. The Balaban J connectivity index is 1.62. The first-order chi connectivity index (χ1) is 10.1. The van der Waals surface area contributed by atoms with Gasteiger partial charge in [0.15, 0.2) is 6.61 Å². The fourth-order valence-electron chi connectivity index (χ4n) is 2.61. The molecule has 0 bridgehead atoms. The lowest BCUT2D eigenvalue weighted by atomic mass is 10.0. The molecule has 0 N–H and O–H groups in total. The zero-order valence-electron chi connectivity index (χ0n) is 11.7. The van der Waals surface area contributed by atoms with Crippen LogP contribution in [0.15, 0.2) is 35.7 Å². The van der Waals surface area contributed by atoms with E-state index in [0.717, 1.165) is 13.0 Å². The van der Waals surface area contributed by atoms with Crippen LogP contribution in [0.5, 0.6) is 5.75 Å². The van der Waals surface area contributed by atoms with E-state index in [4.69, 9.17) is 16.3 Å². The number of carbonyl (C=O) groups excluding carboxylic acids is 1. The van der Waals surface area contributed by atoms with E-state index in [2.05, 4.69) is 18.4 Å². The number of halogens is 1. The Morgan fingerprint density at radius 3 is 2.90 bits per heavy atom. The predicted molar refractivity (Wildman–Crippen MR) is 85.1 cm³/mol. The lowest BCUT2D eigenvalue weighted by Gasteiger charge is -2.33. The standard InChI is InChI=1S/C16H16ClNO2S/c1-11-14-7-9-21-15(14)6-8-18(11)16(19)10-20-13-4-2-12(17)3-5-13/h2-5,7,9,11H,6,8,10H2,1H3/t11-/m1/s1. The number of ether oxygens (including phenoxy) is 1. The highest BCUT2D eigenvalue weighted by Crippen LogP contribution is 2.32. The Kier molecular flexibility index (Phi) is 4.17. The fourth-order valence-corrected chi connectivity index (χ4v) is 3.70. The molecule has 1 aliphatic heterocycles. The molecule has 3 nitrogen and oxygen atoms in total. The van der Waals surface area contributed by atoms with Gasteiger partial charge in [0.1, 0.15) is 5.75 Å². The van der Waals surface area contributed by atoms with Crippen molar-refractivity contribution >= 4 is 28.8 Å². The van der Waals surface area contributed by atoms with Crippen LogP contribution in [0, 0.1) is 0 Å². The Morgan fingerprint density at radius 1 is 1.38 bits per heavy atom. The number of benzene rings is 1. The molecule has 0 fully saturated rings. The maximum absolute atomic E-state index is 12.4. The third-order valence-electron chi connectivity index (χ3n) is 3.77. The maximum Gasteiger partial charge on any atom is 0.261 e. The number of hydrogen-bond acceptors (Lipinski definition) is 3. The molecular formula is C16H16ClNO2S. The van der Waals surface area contributed by atoms with Gasteiger partial charge in [-0.15, -0.1) is 11.3 Å². The Morgan fingerprint density at radius 2 is 2.14 bits per heavy atom. The van der Waals surface area contributed by atoms with E-state index in [1.54, 1.807) is 35.6 Å². The fraction of sp³-hybridized carbons (Fsp3) is 0.312. The quantitative estimate of drug-likeness (QED) is 0.857. The first kappa shape index (κ1) is 14.4. The third kappa shape index (κ3) is 3.06. The van der Waals surface area contributed by atoms with Gasteiger partial charge in [-0.2, -0.15) is 0 Å². The molecule has 110 valence electrons. The molecule has 5 heteroatoms. The normalized spacial score (nSPS) is 17.4. The van der Waals surface area contributed by atoms with Crippen LogP contribution < -0.4 is 4.74 Å². The van der Waals surface area contributed by atoms with Crippen molar-refractivity contribution in [3.8, 4) is 5.75 Å². The van der Waals surface area contributed by atoms with Crippen LogP contribution in [-0.4, -0.2) is 24.0 Å². The number of thiophene rings is 1. The topological polar surface area (TPSA) is 29.5 Å². The number of fused-ring (bicyclic) bond motifs is 1. The second-order valence-electron chi connectivity index (χ2n) is 5.05. The summed E-state index contributed by atoms with van der Waals surface area (Å²) < 4.78 is 5.55.